The molecule has 0 aromatic heterocycles. The number of carbonyl (C=O) groups is 1. The number of hydrogen-bond donors (Lipinski definition) is 1. The molecule has 0 bridgehead atoms. The van der Waals surface area contributed by atoms with Crippen molar-refractivity contribution < 1.29 is 4.79 Å². The molecule has 2 rings (SSSR count). The molecule has 1 heterocycles. The van der Waals surface area contributed by atoms with Gasteiger partial charge in [-0.25, -0.2) is 0 Å². The summed E-state index contributed by atoms with van der Waals surface area (Å²) in [5.41, 5.74) is 0. The third-order valence-corrected chi connectivity index (χ3v) is 4.16. The molecule has 0 aromatic rings. The van der Waals surface area contributed by atoms with E-state index in [2.05, 4.69) is 5.32 Å². The molecule has 1 atom stereocenters. The van der Waals surface area contributed by atoms with Gasteiger partial charge >= 0.3 is 0 Å². The molecule has 2 fully saturated rings. The van der Waals surface area contributed by atoms with Crippen molar-refractivity contribution >= 4 is 5.91 Å². The molecule has 1 N–H and O–H groups in total. The van der Waals surface area contributed by atoms with Gasteiger partial charge in [-0.1, -0.05) is 19.3 Å². The van der Waals surface area contributed by atoms with Gasteiger partial charge in [0.05, 0.1) is 0 Å². The van der Waals surface area contributed by atoms with Gasteiger partial charge < -0.3 is 10.2 Å². The van der Waals surface area contributed by atoms with Crippen LogP contribution in [0.5, 0.6) is 0 Å². The lowest BCUT2D eigenvalue weighted by Crippen LogP contribution is -2.39. The molecule has 0 aromatic carbocycles. The smallest absolute Gasteiger partial charge is 0.222 e. The Hall–Kier alpha value is -0.570. The van der Waals surface area contributed by atoms with E-state index in [0.29, 0.717) is 17.9 Å². The van der Waals surface area contributed by atoms with Crippen LogP contribution in [0, 0.1) is 5.92 Å². The van der Waals surface area contributed by atoms with E-state index in [4.69, 9.17) is 0 Å². The fourth-order valence-corrected chi connectivity index (χ4v) is 2.96. The minimum Gasteiger partial charge on any atom is -0.341 e. The van der Waals surface area contributed by atoms with E-state index in [1.54, 1.807) is 0 Å². The van der Waals surface area contributed by atoms with E-state index in [-0.39, 0.29) is 0 Å². The summed E-state index contributed by atoms with van der Waals surface area (Å²) < 4.78 is 0. The Kier molecular flexibility index (Phi) is 4.22. The van der Waals surface area contributed by atoms with Gasteiger partial charge in [0.2, 0.25) is 5.91 Å². The predicted molar refractivity (Wildman–Crippen MR) is 65.2 cm³/mol. The molecule has 0 spiro atoms. The topological polar surface area (TPSA) is 32.3 Å². The zero-order chi connectivity index (χ0) is 11.4. The van der Waals surface area contributed by atoms with Gasteiger partial charge in [-0.05, 0) is 31.7 Å². The van der Waals surface area contributed by atoms with E-state index in [9.17, 15) is 4.79 Å². The van der Waals surface area contributed by atoms with E-state index >= 15 is 0 Å². The number of nitrogens with zero attached hydrogens (tertiary/aromatic N) is 1. The lowest BCUT2D eigenvalue weighted by Gasteiger charge is -2.27. The predicted octanol–water partition coefficient (Wildman–Crippen LogP) is 1.78. The zero-order valence-electron chi connectivity index (χ0n) is 10.4. The molecule has 2 aliphatic rings. The molecule has 1 unspecified atom stereocenters. The molecule has 0 radical (unpaired) electrons. The zero-order valence-corrected chi connectivity index (χ0v) is 10.4. The first-order chi connectivity index (χ1) is 7.77. The summed E-state index contributed by atoms with van der Waals surface area (Å²) in [4.78, 5) is 14.1. The maximum atomic E-state index is 12.1. The highest BCUT2D eigenvalue weighted by Crippen LogP contribution is 2.27. The third kappa shape index (κ3) is 2.97. The molecular formula is C13H24N2O. The highest BCUT2D eigenvalue weighted by molar-refractivity contribution is 5.76. The lowest BCUT2D eigenvalue weighted by molar-refractivity contribution is -0.132. The lowest BCUT2D eigenvalue weighted by atomic mass is 9.86. The second kappa shape index (κ2) is 5.67. The quantitative estimate of drug-likeness (QED) is 0.792. The molecule has 1 aliphatic carbocycles. The summed E-state index contributed by atoms with van der Waals surface area (Å²) in [5.74, 6) is 1.03. The Balaban J connectivity index is 1.77. The van der Waals surface area contributed by atoms with Crippen LogP contribution < -0.4 is 5.32 Å². The summed E-state index contributed by atoms with van der Waals surface area (Å²) in [7, 11) is 1.98. The number of carbonyl (C=O) groups excluding carboxylic acids is 1. The van der Waals surface area contributed by atoms with Crippen molar-refractivity contribution in [3.05, 3.63) is 0 Å². The van der Waals surface area contributed by atoms with Crippen LogP contribution in [0.1, 0.15) is 44.9 Å². The monoisotopic (exact) mass is 224 g/mol. The number of nitrogens with one attached hydrogen (secondary N) is 1. The van der Waals surface area contributed by atoms with Gasteiger partial charge in [0.25, 0.3) is 0 Å². The molecule has 3 nitrogen and oxygen atoms in total. The van der Waals surface area contributed by atoms with E-state index in [0.717, 1.165) is 25.9 Å². The van der Waals surface area contributed by atoms with Gasteiger partial charge in [0.15, 0.2) is 0 Å². The van der Waals surface area contributed by atoms with Gasteiger partial charge in [-0.2, -0.15) is 0 Å². The number of rotatable bonds is 3. The minimum absolute atomic E-state index is 0.362. The average molecular weight is 224 g/mol. The van der Waals surface area contributed by atoms with Crippen molar-refractivity contribution in [1.82, 2.24) is 10.2 Å². The molecule has 3 heteroatoms. The van der Waals surface area contributed by atoms with Crippen molar-refractivity contribution in [2.24, 2.45) is 5.92 Å². The second-order valence-corrected chi connectivity index (χ2v) is 5.36. The van der Waals surface area contributed by atoms with Crippen molar-refractivity contribution in [2.75, 3.05) is 20.1 Å². The Bertz CT molecular complexity index is 230. The fourth-order valence-electron chi connectivity index (χ4n) is 2.96. The Labute approximate surface area is 98.6 Å². The van der Waals surface area contributed by atoms with Crippen molar-refractivity contribution in [2.45, 2.75) is 51.0 Å². The van der Waals surface area contributed by atoms with Crippen LogP contribution in [0.3, 0.4) is 0 Å². The second-order valence-electron chi connectivity index (χ2n) is 5.36. The van der Waals surface area contributed by atoms with E-state index in [1.165, 1.54) is 32.1 Å². The third-order valence-electron chi connectivity index (χ3n) is 4.16. The van der Waals surface area contributed by atoms with Gasteiger partial charge in [0, 0.05) is 26.1 Å². The van der Waals surface area contributed by atoms with Crippen molar-refractivity contribution in [1.29, 1.82) is 0 Å². The SMILES string of the molecule is CN(C(=O)CC1CCCCC1)C1CCNC1. The van der Waals surface area contributed by atoms with Gasteiger partial charge in [-0.3, -0.25) is 4.79 Å². The van der Waals surface area contributed by atoms with E-state index in [1.807, 2.05) is 11.9 Å². The van der Waals surface area contributed by atoms with Crippen molar-refractivity contribution in [3.8, 4) is 0 Å². The first-order valence-corrected chi connectivity index (χ1v) is 6.74. The summed E-state index contributed by atoms with van der Waals surface area (Å²) in [6.45, 7) is 2.04. The molecule has 92 valence electrons. The fraction of sp³-hybridized carbons (Fsp3) is 0.923. The van der Waals surface area contributed by atoms with Crippen LogP contribution in [-0.2, 0) is 4.79 Å². The Morgan fingerprint density at radius 2 is 2.00 bits per heavy atom. The van der Waals surface area contributed by atoms with Crippen LogP contribution in [0.2, 0.25) is 0 Å². The van der Waals surface area contributed by atoms with Crippen LogP contribution in [0.4, 0.5) is 0 Å². The summed E-state index contributed by atoms with van der Waals surface area (Å²) in [6, 6.07) is 0.441. The molecule has 16 heavy (non-hydrogen) atoms. The standard InChI is InChI=1S/C13H24N2O/c1-15(12-7-8-14-10-12)13(16)9-11-5-3-2-4-6-11/h11-12,14H,2-10H2,1H3. The average Bonchev–Trinajstić information content (AvgIpc) is 2.83. The molecule has 1 saturated carbocycles. The molecular weight excluding hydrogens is 200 g/mol. The largest absolute Gasteiger partial charge is 0.341 e. The highest BCUT2D eigenvalue weighted by Gasteiger charge is 2.25. The van der Waals surface area contributed by atoms with Crippen molar-refractivity contribution in [3.63, 3.8) is 0 Å². The molecule has 1 saturated heterocycles. The maximum Gasteiger partial charge on any atom is 0.222 e. The molecule has 1 amide bonds. The highest BCUT2D eigenvalue weighted by atomic mass is 16.2. The normalized spacial score (nSPS) is 26.9. The number of likely N-dealkylation sites (N-methyl/N-ethyl adjacent to an activating group) is 1. The first-order valence-electron chi connectivity index (χ1n) is 6.74. The molecule has 1 aliphatic heterocycles. The van der Waals surface area contributed by atoms with Crippen LogP contribution in [-0.4, -0.2) is 37.0 Å². The summed E-state index contributed by atoms with van der Waals surface area (Å²) >= 11 is 0. The van der Waals surface area contributed by atoms with Gasteiger partial charge in [-0.15, -0.1) is 0 Å². The first kappa shape index (κ1) is 11.9. The number of hydrogen-bond acceptors (Lipinski definition) is 2. The summed E-state index contributed by atoms with van der Waals surface area (Å²) in [6.07, 6.45) is 8.46. The maximum absolute atomic E-state index is 12.1. The summed E-state index contributed by atoms with van der Waals surface area (Å²) in [5, 5.41) is 3.32. The van der Waals surface area contributed by atoms with Crippen LogP contribution in [0.25, 0.3) is 0 Å². The van der Waals surface area contributed by atoms with Crippen LogP contribution in [0.15, 0.2) is 0 Å². The van der Waals surface area contributed by atoms with E-state index < -0.39 is 0 Å². The Morgan fingerprint density at radius 1 is 1.25 bits per heavy atom. The van der Waals surface area contributed by atoms with Gasteiger partial charge in [0.1, 0.15) is 0 Å². The Morgan fingerprint density at radius 3 is 2.62 bits per heavy atom. The minimum atomic E-state index is 0.362. The van der Waals surface area contributed by atoms with Crippen LogP contribution >= 0.6 is 0 Å². The number of amides is 1.